The Labute approximate surface area is 192 Å². The van der Waals surface area contributed by atoms with Crippen LogP contribution in [0.2, 0.25) is 0 Å². The Morgan fingerprint density at radius 2 is 1.78 bits per heavy atom. The maximum absolute atomic E-state index is 12.7. The second kappa shape index (κ2) is 9.62. The number of halogens is 3. The number of alkyl halides is 3. The van der Waals surface area contributed by atoms with Gasteiger partial charge in [-0.15, -0.1) is 11.8 Å². The molecule has 4 rings (SSSR count). The zero-order chi connectivity index (χ0) is 22.7. The lowest BCUT2D eigenvalue weighted by molar-refractivity contribution is -0.138. The smallest absolute Gasteiger partial charge is 0.419 e. The van der Waals surface area contributed by atoms with Crippen molar-refractivity contribution in [3.63, 3.8) is 0 Å². The Kier molecular flexibility index (Phi) is 6.85. The summed E-state index contributed by atoms with van der Waals surface area (Å²) in [4.78, 5) is 19.5. The summed E-state index contributed by atoms with van der Waals surface area (Å²) in [5.41, 5.74) is 0.171. The summed E-state index contributed by atoms with van der Waals surface area (Å²) in [7, 11) is 0. The zero-order valence-electron chi connectivity index (χ0n) is 17.5. The molecule has 32 heavy (non-hydrogen) atoms. The van der Waals surface area contributed by atoms with Gasteiger partial charge in [0.05, 0.1) is 15.5 Å². The number of hydrogen-bond donors (Lipinski definition) is 0. The number of thioether (sulfide) groups is 1. The Morgan fingerprint density at radius 1 is 1.06 bits per heavy atom. The number of hydrogen-bond acceptors (Lipinski definition) is 8. The molecule has 0 saturated carbocycles. The highest BCUT2D eigenvalue weighted by molar-refractivity contribution is 7.98. The Morgan fingerprint density at radius 3 is 2.38 bits per heavy atom. The average molecular weight is 482 g/mol. The van der Waals surface area contributed by atoms with Crippen LogP contribution in [0.25, 0.3) is 10.4 Å². The largest absolute Gasteiger partial charge is 0.467 e. The number of piperidine rings is 1. The fourth-order valence-corrected chi connectivity index (χ4v) is 4.75. The van der Waals surface area contributed by atoms with Crippen LogP contribution in [-0.4, -0.2) is 45.4 Å². The molecule has 0 aromatic carbocycles. The van der Waals surface area contributed by atoms with Crippen LogP contribution in [0.15, 0.2) is 41.9 Å². The summed E-state index contributed by atoms with van der Waals surface area (Å²) in [5.74, 6) is 0.645. The second-order valence-corrected chi connectivity index (χ2v) is 9.32. The molecule has 0 amide bonds. The van der Waals surface area contributed by atoms with Gasteiger partial charge in [-0.25, -0.2) is 19.9 Å². The minimum Gasteiger partial charge on any atom is -0.467 e. The third-order valence-electron chi connectivity index (χ3n) is 5.45. The fourth-order valence-electron chi connectivity index (χ4n) is 3.55. The summed E-state index contributed by atoms with van der Waals surface area (Å²) >= 11 is 3.09. The van der Waals surface area contributed by atoms with Crippen molar-refractivity contribution in [3.05, 3.63) is 42.5 Å². The topological polar surface area (TPSA) is 64.0 Å². The SMILES string of the molecule is CSc1ccc(-c2cnc(O[C@@H](C)C3CCN(c4ncc(C(F)(F)F)cn4)CC3)s2)cn1. The van der Waals surface area contributed by atoms with Gasteiger partial charge in [0.2, 0.25) is 5.95 Å². The zero-order valence-corrected chi connectivity index (χ0v) is 19.2. The van der Waals surface area contributed by atoms with Crippen LogP contribution in [0.1, 0.15) is 25.3 Å². The van der Waals surface area contributed by atoms with Crippen molar-refractivity contribution in [1.82, 2.24) is 19.9 Å². The van der Waals surface area contributed by atoms with Gasteiger partial charge in [0.1, 0.15) is 6.10 Å². The van der Waals surface area contributed by atoms with Crippen LogP contribution >= 0.6 is 23.1 Å². The van der Waals surface area contributed by atoms with E-state index in [0.717, 1.165) is 40.7 Å². The minimum atomic E-state index is -4.43. The van der Waals surface area contributed by atoms with Gasteiger partial charge in [0, 0.05) is 43.4 Å². The van der Waals surface area contributed by atoms with Crippen molar-refractivity contribution in [3.8, 4) is 15.6 Å². The first kappa shape index (κ1) is 22.8. The van der Waals surface area contributed by atoms with Crippen LogP contribution in [0.3, 0.4) is 0 Å². The van der Waals surface area contributed by atoms with Crippen molar-refractivity contribution in [1.29, 1.82) is 0 Å². The average Bonchev–Trinajstić information content (AvgIpc) is 3.27. The van der Waals surface area contributed by atoms with E-state index in [-0.39, 0.29) is 6.10 Å². The quantitative estimate of drug-likeness (QED) is 0.436. The first-order valence-electron chi connectivity index (χ1n) is 10.1. The van der Waals surface area contributed by atoms with Crippen LogP contribution in [-0.2, 0) is 6.18 Å². The molecule has 0 unspecified atom stereocenters. The maximum atomic E-state index is 12.7. The minimum absolute atomic E-state index is 0.0262. The third kappa shape index (κ3) is 5.32. The van der Waals surface area contributed by atoms with Gasteiger partial charge >= 0.3 is 6.18 Å². The van der Waals surface area contributed by atoms with Crippen molar-refractivity contribution in [2.24, 2.45) is 5.92 Å². The lowest BCUT2D eigenvalue weighted by Gasteiger charge is -2.34. The molecule has 6 nitrogen and oxygen atoms in total. The predicted octanol–water partition coefficient (Wildman–Crippen LogP) is 5.42. The highest BCUT2D eigenvalue weighted by Crippen LogP contribution is 2.33. The Bertz CT molecular complexity index is 1020. The van der Waals surface area contributed by atoms with Gasteiger partial charge in [0.15, 0.2) is 0 Å². The number of rotatable bonds is 6. The van der Waals surface area contributed by atoms with E-state index in [1.54, 1.807) is 18.0 Å². The number of ether oxygens (including phenoxy) is 1. The van der Waals surface area contributed by atoms with Gasteiger partial charge in [-0.3, -0.25) is 0 Å². The van der Waals surface area contributed by atoms with Crippen molar-refractivity contribution < 1.29 is 17.9 Å². The molecule has 3 aromatic heterocycles. The van der Waals surface area contributed by atoms with E-state index >= 15 is 0 Å². The second-order valence-electron chi connectivity index (χ2n) is 7.50. The molecule has 170 valence electrons. The fraction of sp³-hybridized carbons (Fsp3) is 0.429. The lowest BCUT2D eigenvalue weighted by Crippen LogP contribution is -2.39. The van der Waals surface area contributed by atoms with Gasteiger partial charge in [0.25, 0.3) is 5.19 Å². The molecule has 1 aliphatic heterocycles. The molecule has 0 bridgehead atoms. The maximum Gasteiger partial charge on any atom is 0.419 e. The number of nitrogens with zero attached hydrogens (tertiary/aromatic N) is 5. The van der Waals surface area contributed by atoms with Crippen LogP contribution in [0, 0.1) is 5.92 Å². The van der Waals surface area contributed by atoms with Gasteiger partial charge in [-0.1, -0.05) is 11.3 Å². The standard InChI is InChI=1S/C21H22F3N5OS2/c1-13(30-20-28-12-17(32-20)15-3-4-18(31-2)25-9-15)14-5-7-29(8-6-14)19-26-10-16(11-27-19)21(22,23)24/h3-4,9-14H,5-8H2,1-2H3/t13-/m0/s1. The van der Waals surface area contributed by atoms with Crippen LogP contribution in [0.4, 0.5) is 19.1 Å². The molecule has 1 saturated heterocycles. The first-order chi connectivity index (χ1) is 15.3. The van der Waals surface area contributed by atoms with Crippen molar-refractivity contribution >= 4 is 29.0 Å². The van der Waals surface area contributed by atoms with E-state index in [4.69, 9.17) is 4.74 Å². The van der Waals surface area contributed by atoms with Gasteiger partial charge in [-0.05, 0) is 44.1 Å². The molecular weight excluding hydrogens is 459 g/mol. The van der Waals surface area contributed by atoms with E-state index in [2.05, 4.69) is 19.9 Å². The summed E-state index contributed by atoms with van der Waals surface area (Å²) in [6.07, 6.45) is 4.52. The predicted molar refractivity (Wildman–Crippen MR) is 119 cm³/mol. The Balaban J connectivity index is 1.31. The van der Waals surface area contributed by atoms with Crippen molar-refractivity contribution in [2.45, 2.75) is 37.1 Å². The summed E-state index contributed by atoms with van der Waals surface area (Å²) in [6, 6.07) is 4.01. The normalized spacial score (nSPS) is 16.2. The van der Waals surface area contributed by atoms with Crippen LogP contribution < -0.4 is 9.64 Å². The molecular formula is C21H22F3N5OS2. The number of pyridine rings is 1. The van der Waals surface area contributed by atoms with E-state index in [1.165, 1.54) is 11.3 Å². The monoisotopic (exact) mass is 481 g/mol. The first-order valence-corrected chi connectivity index (χ1v) is 12.1. The third-order valence-corrected chi connectivity index (χ3v) is 7.05. The summed E-state index contributed by atoms with van der Waals surface area (Å²) in [6.45, 7) is 3.37. The molecule has 0 radical (unpaired) electrons. The number of aromatic nitrogens is 4. The molecule has 4 heterocycles. The molecule has 1 fully saturated rings. The number of anilines is 1. The van der Waals surface area contributed by atoms with Crippen molar-refractivity contribution in [2.75, 3.05) is 24.2 Å². The number of thiazole rings is 1. The van der Waals surface area contributed by atoms with Gasteiger partial charge < -0.3 is 9.64 Å². The van der Waals surface area contributed by atoms with E-state index in [0.29, 0.717) is 30.1 Å². The highest BCUT2D eigenvalue weighted by Gasteiger charge is 2.32. The van der Waals surface area contributed by atoms with Crippen LogP contribution in [0.5, 0.6) is 5.19 Å². The Hall–Kier alpha value is -2.40. The lowest BCUT2D eigenvalue weighted by atomic mass is 9.92. The van der Waals surface area contributed by atoms with E-state index in [1.807, 2.05) is 36.4 Å². The molecule has 0 spiro atoms. The molecule has 1 atom stereocenters. The molecule has 1 aliphatic rings. The van der Waals surface area contributed by atoms with E-state index in [9.17, 15) is 13.2 Å². The van der Waals surface area contributed by atoms with E-state index < -0.39 is 11.7 Å². The highest BCUT2D eigenvalue weighted by atomic mass is 32.2. The molecule has 11 heteroatoms. The molecule has 0 N–H and O–H groups in total. The van der Waals surface area contributed by atoms with Gasteiger partial charge in [-0.2, -0.15) is 13.2 Å². The summed E-state index contributed by atoms with van der Waals surface area (Å²) in [5, 5.41) is 1.59. The molecule has 3 aromatic rings. The summed E-state index contributed by atoms with van der Waals surface area (Å²) < 4.78 is 44.2. The molecule has 0 aliphatic carbocycles.